The lowest BCUT2D eigenvalue weighted by atomic mass is 10.00. The van der Waals surface area contributed by atoms with Crippen molar-refractivity contribution in [2.24, 2.45) is 7.05 Å². The summed E-state index contributed by atoms with van der Waals surface area (Å²) in [5.41, 5.74) is 4.65. The molecule has 2 aromatic heterocycles. The Balaban J connectivity index is 1.43. The van der Waals surface area contributed by atoms with Gasteiger partial charge < -0.3 is 10.1 Å². The molecule has 7 heteroatoms. The molecule has 6 nitrogen and oxygen atoms in total. The molecule has 0 bridgehead atoms. The second kappa shape index (κ2) is 7.00. The van der Waals surface area contributed by atoms with Crippen LogP contribution in [0.5, 0.6) is 5.75 Å². The topological polar surface area (TPSA) is 69.0 Å². The van der Waals surface area contributed by atoms with Crippen LogP contribution in [-0.4, -0.2) is 27.3 Å². The van der Waals surface area contributed by atoms with E-state index in [1.807, 2.05) is 67.3 Å². The summed E-state index contributed by atoms with van der Waals surface area (Å²) in [5.74, 6) is 0.762. The number of carbonyl (C=O) groups is 1. The van der Waals surface area contributed by atoms with Crippen molar-refractivity contribution in [3.05, 3.63) is 65.4 Å². The van der Waals surface area contributed by atoms with Gasteiger partial charge in [-0.25, -0.2) is 4.98 Å². The maximum Gasteiger partial charge on any atom is 0.251 e. The second-order valence-electron chi connectivity index (χ2n) is 7.20. The number of para-hydroxylation sites is 1. The van der Waals surface area contributed by atoms with Gasteiger partial charge in [0.1, 0.15) is 10.8 Å². The molecule has 4 aromatic rings. The molecule has 0 unspecified atom stereocenters. The number of ether oxygens (including phenoxy) is 1. The number of amides is 1. The lowest BCUT2D eigenvalue weighted by molar-refractivity contribution is 0.0925. The van der Waals surface area contributed by atoms with Crippen molar-refractivity contribution in [1.29, 1.82) is 0 Å². The Morgan fingerprint density at radius 1 is 1.28 bits per heavy atom. The van der Waals surface area contributed by atoms with E-state index in [4.69, 9.17) is 9.72 Å². The average Bonchev–Trinajstić information content (AvgIpc) is 3.29. The molecule has 1 aliphatic rings. The third-order valence-electron chi connectivity index (χ3n) is 5.24. The highest BCUT2D eigenvalue weighted by molar-refractivity contribution is 7.21. The van der Waals surface area contributed by atoms with E-state index in [1.54, 1.807) is 11.3 Å². The van der Waals surface area contributed by atoms with Gasteiger partial charge in [-0.1, -0.05) is 18.2 Å². The minimum Gasteiger partial charge on any atom is -0.493 e. The van der Waals surface area contributed by atoms with Crippen LogP contribution in [0, 0.1) is 6.92 Å². The number of aryl methyl sites for hydroxylation is 2. The molecule has 1 amide bonds. The maximum atomic E-state index is 12.9. The Kier molecular flexibility index (Phi) is 4.32. The Bertz CT molecular complexity index is 1210. The fourth-order valence-electron chi connectivity index (χ4n) is 3.76. The first-order chi connectivity index (χ1) is 14.1. The van der Waals surface area contributed by atoms with Gasteiger partial charge in [0, 0.05) is 24.6 Å². The molecule has 0 spiro atoms. The van der Waals surface area contributed by atoms with Gasteiger partial charge in [-0.15, -0.1) is 11.3 Å². The molecular weight excluding hydrogens is 384 g/mol. The number of thiazole rings is 1. The van der Waals surface area contributed by atoms with Crippen LogP contribution in [-0.2, 0) is 7.05 Å². The zero-order valence-corrected chi connectivity index (χ0v) is 17.0. The average molecular weight is 404 g/mol. The largest absolute Gasteiger partial charge is 0.493 e. The van der Waals surface area contributed by atoms with Gasteiger partial charge in [-0.3, -0.25) is 9.48 Å². The number of carbonyl (C=O) groups excluding carboxylic acids is 1. The predicted molar refractivity (Wildman–Crippen MR) is 113 cm³/mol. The van der Waals surface area contributed by atoms with Crippen LogP contribution < -0.4 is 10.1 Å². The molecule has 0 saturated carbocycles. The van der Waals surface area contributed by atoms with E-state index >= 15 is 0 Å². The van der Waals surface area contributed by atoms with Crippen LogP contribution >= 0.6 is 11.3 Å². The van der Waals surface area contributed by atoms with Crippen molar-refractivity contribution in [3.8, 4) is 16.5 Å². The van der Waals surface area contributed by atoms with Crippen molar-refractivity contribution in [1.82, 2.24) is 20.1 Å². The first-order valence-electron chi connectivity index (χ1n) is 9.52. The monoisotopic (exact) mass is 404 g/mol. The Morgan fingerprint density at radius 2 is 2.14 bits per heavy atom. The summed E-state index contributed by atoms with van der Waals surface area (Å²) in [7, 11) is 1.92. The minimum atomic E-state index is -0.0831. The molecule has 0 saturated heterocycles. The molecule has 1 N–H and O–H groups in total. The van der Waals surface area contributed by atoms with E-state index in [1.165, 1.54) is 0 Å². The van der Waals surface area contributed by atoms with Gasteiger partial charge in [0.2, 0.25) is 0 Å². The quantitative estimate of drug-likeness (QED) is 0.554. The summed E-state index contributed by atoms with van der Waals surface area (Å²) in [6, 6.07) is 13.5. The van der Waals surface area contributed by atoms with Crippen molar-refractivity contribution in [2.75, 3.05) is 6.61 Å². The summed E-state index contributed by atoms with van der Waals surface area (Å²) in [4.78, 5) is 17.7. The first-order valence-corrected chi connectivity index (χ1v) is 10.3. The summed E-state index contributed by atoms with van der Waals surface area (Å²) in [5, 5.41) is 8.37. The molecule has 29 heavy (non-hydrogen) atoms. The summed E-state index contributed by atoms with van der Waals surface area (Å²) in [6.07, 6.45) is 2.60. The van der Waals surface area contributed by atoms with Crippen LogP contribution in [0.1, 0.15) is 33.9 Å². The molecule has 1 aliphatic heterocycles. The van der Waals surface area contributed by atoms with E-state index in [-0.39, 0.29) is 11.9 Å². The van der Waals surface area contributed by atoms with Gasteiger partial charge in [0.05, 0.1) is 34.8 Å². The molecular formula is C22H20N4O2S. The summed E-state index contributed by atoms with van der Waals surface area (Å²) >= 11 is 1.58. The smallest absolute Gasteiger partial charge is 0.251 e. The Labute approximate surface area is 172 Å². The maximum absolute atomic E-state index is 12.9. The number of hydrogen-bond donors (Lipinski definition) is 1. The normalized spacial score (nSPS) is 15.7. The number of benzene rings is 2. The molecule has 0 radical (unpaired) electrons. The van der Waals surface area contributed by atoms with E-state index in [0.717, 1.165) is 44.2 Å². The fourth-order valence-corrected chi connectivity index (χ4v) is 4.90. The molecule has 146 valence electrons. The third-order valence-corrected chi connectivity index (χ3v) is 6.26. The fraction of sp³-hybridized carbons (Fsp3) is 0.227. The van der Waals surface area contributed by atoms with Crippen molar-refractivity contribution >= 4 is 27.5 Å². The first kappa shape index (κ1) is 17.9. The van der Waals surface area contributed by atoms with Crippen molar-refractivity contribution in [3.63, 3.8) is 0 Å². The van der Waals surface area contributed by atoms with Crippen molar-refractivity contribution < 1.29 is 9.53 Å². The number of rotatable bonds is 3. The summed E-state index contributed by atoms with van der Waals surface area (Å²) in [6.45, 7) is 2.63. The molecule has 1 atom stereocenters. The van der Waals surface area contributed by atoms with Gasteiger partial charge in [0.15, 0.2) is 0 Å². The van der Waals surface area contributed by atoms with Crippen LogP contribution in [0.15, 0.2) is 48.7 Å². The number of nitrogens with one attached hydrogen (secondary N) is 1. The lowest BCUT2D eigenvalue weighted by Gasteiger charge is -2.26. The molecule has 0 aliphatic carbocycles. The second-order valence-corrected chi connectivity index (χ2v) is 8.23. The molecule has 2 aromatic carbocycles. The zero-order chi connectivity index (χ0) is 20.0. The Hall–Kier alpha value is -3.19. The van der Waals surface area contributed by atoms with E-state index < -0.39 is 0 Å². The highest BCUT2D eigenvalue weighted by Gasteiger charge is 2.23. The van der Waals surface area contributed by atoms with E-state index in [9.17, 15) is 4.79 Å². The molecule has 3 heterocycles. The highest BCUT2D eigenvalue weighted by Crippen LogP contribution is 2.33. The van der Waals surface area contributed by atoms with E-state index in [2.05, 4.69) is 10.4 Å². The van der Waals surface area contributed by atoms with Gasteiger partial charge in [-0.05, 0) is 36.8 Å². The van der Waals surface area contributed by atoms with Crippen LogP contribution in [0.2, 0.25) is 0 Å². The van der Waals surface area contributed by atoms with Crippen LogP contribution in [0.4, 0.5) is 0 Å². The number of fused-ring (bicyclic) bond motifs is 2. The zero-order valence-electron chi connectivity index (χ0n) is 16.2. The van der Waals surface area contributed by atoms with Crippen molar-refractivity contribution in [2.45, 2.75) is 19.4 Å². The number of hydrogen-bond acceptors (Lipinski definition) is 5. The standard InChI is InChI=1S/C22H20N4O2S/c1-13-12-23-26(2)20(13)22-25-17-8-7-14(11-19(17)29-22)21(27)24-16-9-10-28-18-6-4-3-5-15(16)18/h3-8,11-12,16H,9-10H2,1-2H3,(H,24,27)/t16-/m0/s1. The minimum absolute atomic E-state index is 0.0442. The summed E-state index contributed by atoms with van der Waals surface area (Å²) < 4.78 is 8.51. The molecule has 0 fully saturated rings. The Morgan fingerprint density at radius 3 is 2.97 bits per heavy atom. The number of aromatic nitrogens is 3. The highest BCUT2D eigenvalue weighted by atomic mass is 32.1. The number of nitrogens with zero attached hydrogens (tertiary/aromatic N) is 3. The SMILES string of the molecule is Cc1cnn(C)c1-c1nc2ccc(C(=O)N[C@H]3CCOc4ccccc43)cc2s1. The predicted octanol–water partition coefficient (Wildman–Crippen LogP) is 4.26. The lowest BCUT2D eigenvalue weighted by Crippen LogP contribution is -2.32. The third kappa shape index (κ3) is 3.17. The van der Waals surface area contributed by atoms with Gasteiger partial charge in [-0.2, -0.15) is 5.10 Å². The van der Waals surface area contributed by atoms with Crippen LogP contribution in [0.25, 0.3) is 20.9 Å². The van der Waals surface area contributed by atoms with E-state index in [0.29, 0.717) is 12.2 Å². The van der Waals surface area contributed by atoms with Gasteiger partial charge >= 0.3 is 0 Å². The van der Waals surface area contributed by atoms with Gasteiger partial charge in [0.25, 0.3) is 5.91 Å². The molecule has 5 rings (SSSR count). The van der Waals surface area contributed by atoms with Crippen LogP contribution in [0.3, 0.4) is 0 Å².